The van der Waals surface area contributed by atoms with Gasteiger partial charge in [-0.1, -0.05) is 72.8 Å². The van der Waals surface area contributed by atoms with Gasteiger partial charge in [-0.3, -0.25) is 0 Å². The highest BCUT2D eigenvalue weighted by Gasteiger charge is 2.33. The van der Waals surface area contributed by atoms with E-state index in [1.165, 1.54) is 5.56 Å². The molecule has 4 aromatic rings. The SMILES string of the molecule is Cc1ccccc1-c1ccc(OP(=O)(Oc2ccccc2)Oc2ccccc2)cc1. The Morgan fingerprint density at radius 1 is 0.533 bits per heavy atom. The fourth-order valence-electron chi connectivity index (χ4n) is 3.00. The van der Waals surface area contributed by atoms with Crippen LogP contribution in [0.3, 0.4) is 0 Å². The quantitative estimate of drug-likeness (QED) is 0.296. The van der Waals surface area contributed by atoms with Gasteiger partial charge in [0.1, 0.15) is 17.2 Å². The fourth-order valence-corrected chi connectivity index (χ4v) is 4.25. The van der Waals surface area contributed by atoms with E-state index < -0.39 is 7.82 Å². The van der Waals surface area contributed by atoms with Gasteiger partial charge in [0.2, 0.25) is 0 Å². The maximum absolute atomic E-state index is 13.5. The van der Waals surface area contributed by atoms with E-state index in [1.807, 2.05) is 36.4 Å². The molecule has 4 aromatic carbocycles. The minimum Gasteiger partial charge on any atom is -0.386 e. The van der Waals surface area contributed by atoms with Gasteiger partial charge in [-0.25, -0.2) is 0 Å². The summed E-state index contributed by atoms with van der Waals surface area (Å²) in [5.74, 6) is 1.18. The number of aryl methyl sites for hydroxylation is 1. The molecule has 0 saturated heterocycles. The Balaban J connectivity index is 1.59. The van der Waals surface area contributed by atoms with Crippen molar-refractivity contribution in [2.45, 2.75) is 6.92 Å². The molecule has 0 radical (unpaired) electrons. The zero-order chi connectivity index (χ0) is 20.8. The molecule has 0 unspecified atom stereocenters. The summed E-state index contributed by atoms with van der Waals surface area (Å²) >= 11 is 0. The molecule has 0 saturated carbocycles. The summed E-state index contributed by atoms with van der Waals surface area (Å²) in [4.78, 5) is 0. The number of benzene rings is 4. The second-order valence-corrected chi connectivity index (χ2v) is 8.13. The summed E-state index contributed by atoms with van der Waals surface area (Å²) in [6.07, 6.45) is 0. The van der Waals surface area contributed by atoms with Crippen molar-refractivity contribution in [2.75, 3.05) is 0 Å². The van der Waals surface area contributed by atoms with Crippen LogP contribution in [0.15, 0.2) is 109 Å². The second-order valence-electron chi connectivity index (χ2n) is 6.69. The number of hydrogen-bond acceptors (Lipinski definition) is 4. The molecular weight excluding hydrogens is 395 g/mol. The molecule has 4 nitrogen and oxygen atoms in total. The molecule has 0 aromatic heterocycles. The van der Waals surface area contributed by atoms with Crippen molar-refractivity contribution in [3.63, 3.8) is 0 Å². The molecule has 0 aliphatic carbocycles. The highest BCUT2D eigenvalue weighted by Crippen LogP contribution is 2.49. The van der Waals surface area contributed by atoms with E-state index in [0.717, 1.165) is 11.1 Å². The second kappa shape index (κ2) is 8.89. The Bertz CT molecular complexity index is 1100. The van der Waals surface area contributed by atoms with Crippen LogP contribution in [0.5, 0.6) is 17.2 Å². The third kappa shape index (κ3) is 4.91. The Morgan fingerprint density at radius 3 is 1.47 bits per heavy atom. The molecule has 0 heterocycles. The number of para-hydroxylation sites is 2. The Kier molecular flexibility index (Phi) is 5.87. The first-order valence-electron chi connectivity index (χ1n) is 9.56. The first kappa shape index (κ1) is 19.8. The first-order valence-corrected chi connectivity index (χ1v) is 11.0. The van der Waals surface area contributed by atoms with Gasteiger partial charge in [-0.05, 0) is 60.0 Å². The van der Waals surface area contributed by atoms with Gasteiger partial charge in [-0.2, -0.15) is 4.57 Å². The van der Waals surface area contributed by atoms with Crippen molar-refractivity contribution in [1.29, 1.82) is 0 Å². The van der Waals surface area contributed by atoms with Crippen LogP contribution in [-0.4, -0.2) is 0 Å². The monoisotopic (exact) mass is 416 g/mol. The fraction of sp³-hybridized carbons (Fsp3) is 0.0400. The van der Waals surface area contributed by atoms with Gasteiger partial charge in [0.25, 0.3) is 0 Å². The van der Waals surface area contributed by atoms with Gasteiger partial charge >= 0.3 is 7.82 Å². The van der Waals surface area contributed by atoms with Crippen LogP contribution in [0.4, 0.5) is 0 Å². The summed E-state index contributed by atoms with van der Waals surface area (Å²) in [6.45, 7) is 2.06. The predicted molar refractivity (Wildman–Crippen MR) is 119 cm³/mol. The zero-order valence-corrected chi connectivity index (χ0v) is 17.4. The maximum Gasteiger partial charge on any atom is 0.647 e. The predicted octanol–water partition coefficient (Wildman–Crippen LogP) is 7.31. The normalized spacial score (nSPS) is 11.0. The minimum atomic E-state index is -3.98. The van der Waals surface area contributed by atoms with Crippen LogP contribution >= 0.6 is 7.82 Å². The molecule has 30 heavy (non-hydrogen) atoms. The summed E-state index contributed by atoms with van der Waals surface area (Å²) in [5.41, 5.74) is 3.35. The van der Waals surface area contributed by atoms with Crippen molar-refractivity contribution in [3.05, 3.63) is 115 Å². The van der Waals surface area contributed by atoms with Gasteiger partial charge in [0.05, 0.1) is 0 Å². The van der Waals surface area contributed by atoms with Crippen LogP contribution in [-0.2, 0) is 4.57 Å². The Hall–Kier alpha value is -3.49. The lowest BCUT2D eigenvalue weighted by molar-refractivity contribution is 0.298. The first-order chi connectivity index (χ1) is 14.6. The van der Waals surface area contributed by atoms with Crippen LogP contribution in [0, 0.1) is 6.92 Å². The Labute approximate surface area is 176 Å². The molecule has 0 spiro atoms. The van der Waals surface area contributed by atoms with E-state index in [2.05, 4.69) is 19.1 Å². The third-order valence-electron chi connectivity index (χ3n) is 4.45. The molecule has 0 amide bonds. The van der Waals surface area contributed by atoms with Crippen LogP contribution < -0.4 is 13.6 Å². The summed E-state index contributed by atoms with van der Waals surface area (Å²) in [7, 11) is -3.98. The molecule has 0 N–H and O–H groups in total. The van der Waals surface area contributed by atoms with Gasteiger partial charge < -0.3 is 13.6 Å². The number of phosphoric ester groups is 1. The van der Waals surface area contributed by atoms with Crippen LogP contribution in [0.25, 0.3) is 11.1 Å². The lowest BCUT2D eigenvalue weighted by Crippen LogP contribution is -2.07. The summed E-state index contributed by atoms with van der Waals surface area (Å²) < 4.78 is 30.5. The van der Waals surface area contributed by atoms with E-state index in [4.69, 9.17) is 13.6 Å². The standard InChI is InChI=1S/C25H21O4P/c1-20-10-8-9-15-25(20)21-16-18-24(19-17-21)29-30(26,27-22-11-4-2-5-12-22)28-23-13-6-3-7-14-23/h2-19H,1H3. The molecule has 0 atom stereocenters. The molecule has 0 fully saturated rings. The summed E-state index contributed by atoms with van der Waals surface area (Å²) in [5, 5.41) is 0. The lowest BCUT2D eigenvalue weighted by atomic mass is 10.0. The van der Waals surface area contributed by atoms with Crippen molar-refractivity contribution < 1.29 is 18.1 Å². The van der Waals surface area contributed by atoms with E-state index in [-0.39, 0.29) is 0 Å². The minimum absolute atomic E-state index is 0.391. The molecule has 150 valence electrons. The van der Waals surface area contributed by atoms with Gasteiger partial charge in [-0.15, -0.1) is 0 Å². The molecule has 5 heteroatoms. The summed E-state index contributed by atoms with van der Waals surface area (Å²) in [6, 6.07) is 33.2. The maximum atomic E-state index is 13.5. The van der Waals surface area contributed by atoms with Crippen molar-refractivity contribution in [1.82, 2.24) is 0 Å². The number of phosphoric acid groups is 1. The lowest BCUT2D eigenvalue weighted by Gasteiger charge is -2.19. The van der Waals surface area contributed by atoms with E-state index in [0.29, 0.717) is 17.2 Å². The van der Waals surface area contributed by atoms with Gasteiger partial charge in [0, 0.05) is 0 Å². The molecular formula is C25H21O4P. The molecule has 0 bridgehead atoms. The molecule has 0 aliphatic heterocycles. The van der Waals surface area contributed by atoms with Crippen LogP contribution in [0.2, 0.25) is 0 Å². The third-order valence-corrected chi connectivity index (χ3v) is 5.75. The largest absolute Gasteiger partial charge is 0.647 e. The Morgan fingerprint density at radius 2 is 0.967 bits per heavy atom. The number of rotatable bonds is 7. The average Bonchev–Trinajstić information content (AvgIpc) is 2.76. The van der Waals surface area contributed by atoms with Gasteiger partial charge in [0.15, 0.2) is 0 Å². The van der Waals surface area contributed by atoms with E-state index in [9.17, 15) is 4.57 Å². The smallest absolute Gasteiger partial charge is 0.386 e. The zero-order valence-electron chi connectivity index (χ0n) is 16.5. The molecule has 4 rings (SSSR count). The van der Waals surface area contributed by atoms with Crippen molar-refractivity contribution in [2.24, 2.45) is 0 Å². The van der Waals surface area contributed by atoms with E-state index in [1.54, 1.807) is 60.7 Å². The van der Waals surface area contributed by atoms with Crippen molar-refractivity contribution >= 4 is 7.82 Å². The van der Waals surface area contributed by atoms with Crippen LogP contribution in [0.1, 0.15) is 5.56 Å². The molecule has 0 aliphatic rings. The topological polar surface area (TPSA) is 44.8 Å². The highest BCUT2D eigenvalue weighted by atomic mass is 31.2. The highest BCUT2D eigenvalue weighted by molar-refractivity contribution is 7.49. The van der Waals surface area contributed by atoms with Crippen molar-refractivity contribution in [3.8, 4) is 28.4 Å². The number of hydrogen-bond donors (Lipinski definition) is 0. The average molecular weight is 416 g/mol. The van der Waals surface area contributed by atoms with E-state index >= 15 is 0 Å².